The predicted molar refractivity (Wildman–Crippen MR) is 107 cm³/mol. The third-order valence-corrected chi connectivity index (χ3v) is 4.24. The number of para-hydroxylation sites is 1. The van der Waals surface area contributed by atoms with E-state index >= 15 is 0 Å². The molecule has 0 saturated carbocycles. The third kappa shape index (κ3) is 4.88. The maximum atomic E-state index is 14.2. The van der Waals surface area contributed by atoms with Gasteiger partial charge in [-0.05, 0) is 64.4 Å². The molecule has 1 N–H and O–H groups in total. The van der Waals surface area contributed by atoms with Gasteiger partial charge in [-0.2, -0.15) is 0 Å². The van der Waals surface area contributed by atoms with Crippen LogP contribution in [0.4, 0.5) is 14.9 Å². The number of methoxy groups -OCH3 is 1. The van der Waals surface area contributed by atoms with Crippen molar-refractivity contribution in [2.24, 2.45) is 0 Å². The molecular weight excluding hydrogens is 361 g/mol. The Kier molecular flexibility index (Phi) is 6.12. The molecule has 2 aromatic carbocycles. The summed E-state index contributed by atoms with van der Waals surface area (Å²) in [4.78, 5) is 25.2. The zero-order valence-corrected chi connectivity index (χ0v) is 17.1. The van der Waals surface area contributed by atoms with Crippen LogP contribution >= 0.6 is 0 Å². The Labute approximate surface area is 164 Å². The van der Waals surface area contributed by atoms with Crippen LogP contribution in [0, 0.1) is 5.82 Å². The predicted octanol–water partition coefficient (Wildman–Crippen LogP) is 5.34. The monoisotopic (exact) mass is 387 g/mol. The summed E-state index contributed by atoms with van der Waals surface area (Å²) in [5.41, 5.74) is -0.756. The normalized spacial score (nSPS) is 11.7. The molecular formula is C22H26FNO4. The lowest BCUT2D eigenvalue weighted by molar-refractivity contribution is 0.0635. The number of Topliss-reactive ketones (excluding diaryl/α,β-unsaturated/α-hetero) is 1. The molecule has 0 aliphatic carbocycles. The van der Waals surface area contributed by atoms with Crippen molar-refractivity contribution in [1.82, 2.24) is 0 Å². The van der Waals surface area contributed by atoms with Gasteiger partial charge in [0.15, 0.2) is 5.78 Å². The van der Waals surface area contributed by atoms with Crippen molar-refractivity contribution in [1.29, 1.82) is 0 Å². The largest absolute Gasteiger partial charge is 0.496 e. The van der Waals surface area contributed by atoms with Crippen LogP contribution in [-0.4, -0.2) is 24.6 Å². The quantitative estimate of drug-likeness (QED) is 0.703. The van der Waals surface area contributed by atoms with Gasteiger partial charge in [0, 0.05) is 0 Å². The highest BCUT2D eigenvalue weighted by molar-refractivity contribution is 6.05. The average molecular weight is 387 g/mol. The standard InChI is InChI=1S/C22H26FNO4/c1-21(2,3)28-20(26)24-17-13-14(11-12-16(17)23)22(4,5)19(25)15-9-7-8-10-18(15)27-6/h7-13H,1-6H3,(H,24,26). The second kappa shape index (κ2) is 8.00. The molecule has 150 valence electrons. The van der Waals surface area contributed by atoms with E-state index in [0.717, 1.165) is 0 Å². The number of rotatable bonds is 5. The molecule has 2 rings (SSSR count). The van der Waals surface area contributed by atoms with E-state index in [-0.39, 0.29) is 11.5 Å². The fourth-order valence-electron chi connectivity index (χ4n) is 2.72. The Balaban J connectivity index is 2.36. The first-order chi connectivity index (χ1) is 13.0. The van der Waals surface area contributed by atoms with Crippen molar-refractivity contribution in [2.75, 3.05) is 12.4 Å². The van der Waals surface area contributed by atoms with Gasteiger partial charge in [-0.3, -0.25) is 10.1 Å². The van der Waals surface area contributed by atoms with Crippen molar-refractivity contribution < 1.29 is 23.5 Å². The molecule has 0 bridgehead atoms. The molecule has 5 nitrogen and oxygen atoms in total. The van der Waals surface area contributed by atoms with Gasteiger partial charge in [0.05, 0.1) is 23.8 Å². The van der Waals surface area contributed by atoms with Gasteiger partial charge in [-0.1, -0.05) is 18.2 Å². The molecule has 0 atom stereocenters. The minimum absolute atomic E-state index is 0.0485. The Morgan fingerprint density at radius 1 is 1.00 bits per heavy atom. The van der Waals surface area contributed by atoms with E-state index in [9.17, 15) is 14.0 Å². The van der Waals surface area contributed by atoms with Crippen molar-refractivity contribution in [3.05, 3.63) is 59.4 Å². The molecule has 0 aliphatic heterocycles. The van der Waals surface area contributed by atoms with Crippen LogP contribution in [0.25, 0.3) is 0 Å². The molecule has 0 spiro atoms. The summed E-state index contributed by atoms with van der Waals surface area (Å²) >= 11 is 0. The Bertz CT molecular complexity index is 884. The average Bonchev–Trinajstić information content (AvgIpc) is 2.61. The third-order valence-electron chi connectivity index (χ3n) is 4.24. The number of hydrogen-bond donors (Lipinski definition) is 1. The smallest absolute Gasteiger partial charge is 0.412 e. The number of carbonyl (C=O) groups is 2. The van der Waals surface area contributed by atoms with Gasteiger partial charge >= 0.3 is 6.09 Å². The number of nitrogens with one attached hydrogen (secondary N) is 1. The maximum Gasteiger partial charge on any atom is 0.412 e. The van der Waals surface area contributed by atoms with Crippen LogP contribution in [0.5, 0.6) is 5.75 Å². The summed E-state index contributed by atoms with van der Waals surface area (Å²) in [7, 11) is 1.50. The number of benzene rings is 2. The second-order valence-electron chi connectivity index (χ2n) is 7.98. The van der Waals surface area contributed by atoms with E-state index in [1.165, 1.54) is 25.3 Å². The van der Waals surface area contributed by atoms with Crippen LogP contribution in [0.3, 0.4) is 0 Å². The number of carbonyl (C=O) groups excluding carboxylic acids is 2. The van der Waals surface area contributed by atoms with Gasteiger partial charge in [-0.25, -0.2) is 9.18 Å². The molecule has 0 saturated heterocycles. The van der Waals surface area contributed by atoms with Gasteiger partial charge in [0.25, 0.3) is 0 Å². The summed E-state index contributed by atoms with van der Waals surface area (Å²) in [6, 6.07) is 11.1. The van der Waals surface area contributed by atoms with Crippen LogP contribution in [0.2, 0.25) is 0 Å². The Morgan fingerprint density at radius 2 is 1.64 bits per heavy atom. The van der Waals surface area contributed by atoms with Gasteiger partial charge in [0.2, 0.25) is 0 Å². The second-order valence-corrected chi connectivity index (χ2v) is 7.98. The Morgan fingerprint density at radius 3 is 2.25 bits per heavy atom. The van der Waals surface area contributed by atoms with Crippen molar-refractivity contribution in [2.45, 2.75) is 45.6 Å². The zero-order chi connectivity index (χ0) is 21.1. The molecule has 0 fully saturated rings. The van der Waals surface area contributed by atoms with Gasteiger partial charge < -0.3 is 9.47 Å². The van der Waals surface area contributed by atoms with Gasteiger partial charge in [-0.15, -0.1) is 0 Å². The molecule has 28 heavy (non-hydrogen) atoms. The summed E-state index contributed by atoms with van der Waals surface area (Å²) < 4.78 is 24.7. The lowest BCUT2D eigenvalue weighted by Crippen LogP contribution is -2.30. The van der Waals surface area contributed by atoms with Crippen LogP contribution in [0.15, 0.2) is 42.5 Å². The fourth-order valence-corrected chi connectivity index (χ4v) is 2.72. The maximum absolute atomic E-state index is 14.2. The molecule has 2 aromatic rings. The molecule has 0 radical (unpaired) electrons. The van der Waals surface area contributed by atoms with E-state index in [2.05, 4.69) is 5.32 Å². The molecule has 0 heterocycles. The summed E-state index contributed by atoms with van der Waals surface area (Å²) in [6.07, 6.45) is -0.766. The van der Waals surface area contributed by atoms with Crippen molar-refractivity contribution >= 4 is 17.6 Å². The van der Waals surface area contributed by atoms with Crippen molar-refractivity contribution in [3.8, 4) is 5.75 Å². The van der Waals surface area contributed by atoms with E-state index < -0.39 is 22.9 Å². The number of halogens is 1. The van der Waals surface area contributed by atoms with E-state index in [1.807, 2.05) is 0 Å². The lowest BCUT2D eigenvalue weighted by atomic mass is 9.77. The summed E-state index contributed by atoms with van der Waals surface area (Å²) in [6.45, 7) is 8.63. The van der Waals surface area contributed by atoms with E-state index in [1.54, 1.807) is 58.9 Å². The highest BCUT2D eigenvalue weighted by Gasteiger charge is 2.33. The molecule has 0 aromatic heterocycles. The fraction of sp³-hybridized carbons (Fsp3) is 0.364. The van der Waals surface area contributed by atoms with Gasteiger partial charge in [0.1, 0.15) is 17.2 Å². The number of amides is 1. The lowest BCUT2D eigenvalue weighted by Gasteiger charge is -2.26. The number of ether oxygens (including phenoxy) is 2. The summed E-state index contributed by atoms with van der Waals surface area (Å²) in [5, 5.41) is 2.41. The highest BCUT2D eigenvalue weighted by atomic mass is 19.1. The Hall–Kier alpha value is -2.89. The molecule has 1 amide bonds. The minimum atomic E-state index is -0.979. The first kappa shape index (κ1) is 21.4. The van der Waals surface area contributed by atoms with E-state index in [4.69, 9.17) is 9.47 Å². The number of ketones is 1. The van der Waals surface area contributed by atoms with Crippen LogP contribution in [-0.2, 0) is 10.2 Å². The van der Waals surface area contributed by atoms with E-state index in [0.29, 0.717) is 16.9 Å². The summed E-state index contributed by atoms with van der Waals surface area (Å²) in [5.74, 6) is -0.329. The first-order valence-corrected chi connectivity index (χ1v) is 8.93. The molecule has 0 aliphatic rings. The van der Waals surface area contributed by atoms with Crippen LogP contribution in [0.1, 0.15) is 50.5 Å². The minimum Gasteiger partial charge on any atom is -0.496 e. The highest BCUT2D eigenvalue weighted by Crippen LogP contribution is 2.33. The topological polar surface area (TPSA) is 64.6 Å². The SMILES string of the molecule is COc1ccccc1C(=O)C(C)(C)c1ccc(F)c(NC(=O)OC(C)(C)C)c1. The molecule has 0 unspecified atom stereocenters. The number of anilines is 1. The van der Waals surface area contributed by atoms with Crippen molar-refractivity contribution in [3.63, 3.8) is 0 Å². The molecule has 6 heteroatoms. The van der Waals surface area contributed by atoms with Crippen LogP contribution < -0.4 is 10.1 Å². The zero-order valence-electron chi connectivity index (χ0n) is 17.1. The number of hydrogen-bond acceptors (Lipinski definition) is 4. The first-order valence-electron chi connectivity index (χ1n) is 8.93.